The second-order valence-corrected chi connectivity index (χ2v) is 5.20. The molecule has 2 rings (SSSR count). The van der Waals surface area contributed by atoms with Gasteiger partial charge in [0.25, 0.3) is 0 Å². The first-order valence-corrected chi connectivity index (χ1v) is 6.67. The maximum atomic E-state index is 4.63. The third kappa shape index (κ3) is 3.41. The van der Waals surface area contributed by atoms with Gasteiger partial charge >= 0.3 is 0 Å². The molecule has 0 unspecified atom stereocenters. The van der Waals surface area contributed by atoms with Gasteiger partial charge in [0.1, 0.15) is 0 Å². The molecule has 1 heterocycles. The Labute approximate surface area is 115 Å². The Bertz CT molecular complexity index is 551. The summed E-state index contributed by atoms with van der Waals surface area (Å²) in [5.74, 6) is 0.815. The van der Waals surface area contributed by atoms with Gasteiger partial charge in [0.05, 0.1) is 11.2 Å². The zero-order valence-corrected chi connectivity index (χ0v) is 12.2. The molecule has 0 atom stereocenters. The van der Waals surface area contributed by atoms with Crippen LogP contribution < -0.4 is 4.90 Å². The number of benzene rings is 1. The van der Waals surface area contributed by atoms with Crippen molar-refractivity contribution in [3.8, 4) is 0 Å². The quantitative estimate of drug-likeness (QED) is 0.824. The lowest BCUT2D eigenvalue weighted by Crippen LogP contribution is -2.25. The van der Waals surface area contributed by atoms with Crippen LogP contribution in [-0.2, 0) is 0 Å². The van der Waals surface area contributed by atoms with Crippen LogP contribution in [0, 0.1) is 6.92 Å². The molecule has 4 nitrogen and oxygen atoms in total. The van der Waals surface area contributed by atoms with Gasteiger partial charge in [-0.25, -0.2) is 9.97 Å². The van der Waals surface area contributed by atoms with Crippen LogP contribution in [0.4, 0.5) is 5.95 Å². The first-order chi connectivity index (χ1) is 9.08. The molecule has 0 amide bonds. The molecular formula is C15H22N4. The first-order valence-electron chi connectivity index (χ1n) is 6.67. The van der Waals surface area contributed by atoms with Crippen LogP contribution in [0.25, 0.3) is 10.9 Å². The highest BCUT2D eigenvalue weighted by Crippen LogP contribution is 2.18. The molecule has 19 heavy (non-hydrogen) atoms. The molecule has 0 N–H and O–H groups in total. The molecule has 1 aromatic carbocycles. The predicted octanol–water partition coefficient (Wildman–Crippen LogP) is 2.33. The number of hydrogen-bond donors (Lipinski definition) is 0. The van der Waals surface area contributed by atoms with E-state index < -0.39 is 0 Å². The van der Waals surface area contributed by atoms with Gasteiger partial charge in [0.2, 0.25) is 5.95 Å². The first kappa shape index (κ1) is 13.7. The monoisotopic (exact) mass is 258 g/mol. The van der Waals surface area contributed by atoms with Crippen LogP contribution in [0.3, 0.4) is 0 Å². The van der Waals surface area contributed by atoms with Gasteiger partial charge in [0.15, 0.2) is 0 Å². The zero-order valence-electron chi connectivity index (χ0n) is 12.2. The Morgan fingerprint density at radius 2 is 1.74 bits per heavy atom. The maximum absolute atomic E-state index is 4.63. The summed E-state index contributed by atoms with van der Waals surface area (Å²) >= 11 is 0. The molecule has 0 radical (unpaired) electrons. The number of rotatable bonds is 5. The Morgan fingerprint density at radius 1 is 1.00 bits per heavy atom. The average Bonchev–Trinajstić information content (AvgIpc) is 2.38. The SMILES string of the molecule is Cc1nc(N(C)CCCN(C)C)nc2ccccc12. The number of anilines is 1. The number of fused-ring (bicyclic) bond motifs is 1. The van der Waals surface area contributed by atoms with Crippen LogP contribution in [0.1, 0.15) is 12.1 Å². The van der Waals surface area contributed by atoms with E-state index in [0.717, 1.165) is 42.1 Å². The molecular weight excluding hydrogens is 236 g/mol. The summed E-state index contributed by atoms with van der Waals surface area (Å²) in [7, 11) is 6.24. The van der Waals surface area contributed by atoms with Gasteiger partial charge < -0.3 is 9.80 Å². The second kappa shape index (κ2) is 5.97. The average molecular weight is 258 g/mol. The standard InChI is InChI=1S/C15H22N4/c1-12-13-8-5-6-9-14(13)17-15(16-12)19(4)11-7-10-18(2)3/h5-6,8-9H,7,10-11H2,1-4H3. The molecule has 102 valence electrons. The summed E-state index contributed by atoms with van der Waals surface area (Å²) in [6.07, 6.45) is 1.11. The fourth-order valence-corrected chi connectivity index (χ4v) is 2.11. The van der Waals surface area contributed by atoms with Crippen molar-refractivity contribution in [2.45, 2.75) is 13.3 Å². The van der Waals surface area contributed by atoms with Crippen molar-refractivity contribution in [2.75, 3.05) is 39.1 Å². The number of aryl methyl sites for hydroxylation is 1. The lowest BCUT2D eigenvalue weighted by molar-refractivity contribution is 0.401. The Morgan fingerprint density at radius 3 is 2.47 bits per heavy atom. The van der Waals surface area contributed by atoms with Crippen LogP contribution in [0.15, 0.2) is 24.3 Å². The van der Waals surface area contributed by atoms with Gasteiger partial charge in [-0.05, 0) is 40.1 Å². The van der Waals surface area contributed by atoms with Crippen molar-refractivity contribution >= 4 is 16.9 Å². The fraction of sp³-hybridized carbons (Fsp3) is 0.467. The minimum atomic E-state index is 0.815. The van der Waals surface area contributed by atoms with Gasteiger partial charge in [-0.2, -0.15) is 0 Å². The number of aromatic nitrogens is 2. The van der Waals surface area contributed by atoms with E-state index in [2.05, 4.69) is 47.0 Å². The number of nitrogens with zero attached hydrogens (tertiary/aromatic N) is 4. The zero-order chi connectivity index (χ0) is 13.8. The topological polar surface area (TPSA) is 32.3 Å². The van der Waals surface area contributed by atoms with Crippen LogP contribution in [0.2, 0.25) is 0 Å². The molecule has 0 fully saturated rings. The van der Waals surface area contributed by atoms with Crippen molar-refractivity contribution in [1.29, 1.82) is 0 Å². The van der Waals surface area contributed by atoms with Gasteiger partial charge in [0, 0.05) is 19.0 Å². The minimum Gasteiger partial charge on any atom is -0.344 e. The minimum absolute atomic E-state index is 0.815. The number of para-hydroxylation sites is 1. The summed E-state index contributed by atoms with van der Waals surface area (Å²) in [6, 6.07) is 8.16. The third-order valence-electron chi connectivity index (χ3n) is 3.22. The normalized spacial score (nSPS) is 11.2. The van der Waals surface area contributed by atoms with Crippen LogP contribution in [0.5, 0.6) is 0 Å². The largest absolute Gasteiger partial charge is 0.344 e. The van der Waals surface area contributed by atoms with E-state index in [9.17, 15) is 0 Å². The van der Waals surface area contributed by atoms with E-state index in [0.29, 0.717) is 0 Å². The van der Waals surface area contributed by atoms with E-state index in [-0.39, 0.29) is 0 Å². The second-order valence-electron chi connectivity index (χ2n) is 5.20. The van der Waals surface area contributed by atoms with Crippen molar-refractivity contribution in [3.63, 3.8) is 0 Å². The van der Waals surface area contributed by atoms with E-state index in [1.54, 1.807) is 0 Å². The lowest BCUT2D eigenvalue weighted by atomic mass is 10.2. The molecule has 0 spiro atoms. The highest BCUT2D eigenvalue weighted by Gasteiger charge is 2.08. The molecule has 1 aromatic heterocycles. The summed E-state index contributed by atoms with van der Waals surface area (Å²) in [4.78, 5) is 13.6. The molecule has 0 bridgehead atoms. The molecule has 0 aliphatic rings. The molecule has 0 saturated heterocycles. The smallest absolute Gasteiger partial charge is 0.225 e. The third-order valence-corrected chi connectivity index (χ3v) is 3.22. The highest BCUT2D eigenvalue weighted by molar-refractivity contribution is 5.81. The summed E-state index contributed by atoms with van der Waals surface area (Å²) in [5.41, 5.74) is 2.06. The van der Waals surface area contributed by atoms with Gasteiger partial charge in [-0.3, -0.25) is 0 Å². The summed E-state index contributed by atoms with van der Waals surface area (Å²) in [6.45, 7) is 4.09. The Kier molecular flexibility index (Phi) is 4.32. The number of hydrogen-bond acceptors (Lipinski definition) is 4. The predicted molar refractivity (Wildman–Crippen MR) is 80.7 cm³/mol. The Hall–Kier alpha value is -1.68. The summed E-state index contributed by atoms with van der Waals surface area (Å²) < 4.78 is 0. The van der Waals surface area contributed by atoms with Crippen LogP contribution >= 0.6 is 0 Å². The van der Waals surface area contributed by atoms with E-state index in [1.807, 2.05) is 25.1 Å². The Balaban J connectivity index is 2.16. The maximum Gasteiger partial charge on any atom is 0.225 e. The van der Waals surface area contributed by atoms with Crippen molar-refractivity contribution in [3.05, 3.63) is 30.0 Å². The highest BCUT2D eigenvalue weighted by atomic mass is 15.2. The van der Waals surface area contributed by atoms with Crippen molar-refractivity contribution in [2.24, 2.45) is 0 Å². The molecule has 0 aliphatic heterocycles. The van der Waals surface area contributed by atoms with E-state index in [1.165, 1.54) is 0 Å². The summed E-state index contributed by atoms with van der Waals surface area (Å²) in [5, 5.41) is 1.13. The van der Waals surface area contributed by atoms with E-state index >= 15 is 0 Å². The molecule has 0 aliphatic carbocycles. The molecule has 2 aromatic rings. The van der Waals surface area contributed by atoms with E-state index in [4.69, 9.17) is 0 Å². The van der Waals surface area contributed by atoms with Gasteiger partial charge in [-0.1, -0.05) is 18.2 Å². The fourth-order valence-electron chi connectivity index (χ4n) is 2.11. The van der Waals surface area contributed by atoms with Crippen molar-refractivity contribution in [1.82, 2.24) is 14.9 Å². The van der Waals surface area contributed by atoms with Crippen LogP contribution in [-0.4, -0.2) is 49.1 Å². The van der Waals surface area contributed by atoms with Crippen molar-refractivity contribution < 1.29 is 0 Å². The molecule has 4 heteroatoms. The lowest BCUT2D eigenvalue weighted by Gasteiger charge is -2.19. The van der Waals surface area contributed by atoms with Gasteiger partial charge in [-0.15, -0.1) is 0 Å². The molecule has 0 saturated carbocycles.